The van der Waals surface area contributed by atoms with E-state index in [1.165, 1.54) is 0 Å². The van der Waals surface area contributed by atoms with Gasteiger partial charge in [-0.15, -0.1) is 0 Å². The first-order valence-corrected chi connectivity index (χ1v) is 21.3. The Morgan fingerprint density at radius 3 is 1.94 bits per heavy atom. The summed E-state index contributed by atoms with van der Waals surface area (Å²) >= 11 is 0. The minimum absolute atomic E-state index is 0.0245. The number of unbranched alkanes of at least 4 members (excludes halogenated alkanes) is 2. The molecule has 3 aromatic rings. The summed E-state index contributed by atoms with van der Waals surface area (Å²) in [5.74, 6) is -1.57. The summed E-state index contributed by atoms with van der Waals surface area (Å²) in [7, 11) is -2.89. The van der Waals surface area contributed by atoms with Crippen LogP contribution in [-0.4, -0.2) is 79.4 Å². The molecule has 1 unspecified atom stereocenters. The zero-order valence-corrected chi connectivity index (χ0v) is 33.3. The topological polar surface area (TPSA) is 134 Å². The number of ketones is 1. The first kappa shape index (κ1) is 40.6. The Morgan fingerprint density at radius 2 is 1.35 bits per heavy atom. The van der Waals surface area contributed by atoms with E-state index in [9.17, 15) is 24.0 Å². The van der Waals surface area contributed by atoms with Gasteiger partial charge in [0.15, 0.2) is 5.78 Å². The Labute approximate surface area is 320 Å². The van der Waals surface area contributed by atoms with Gasteiger partial charge in [0.2, 0.25) is 23.6 Å². The third-order valence-corrected chi connectivity index (χ3v) is 15.9. The highest BCUT2D eigenvalue weighted by Crippen LogP contribution is 2.37. The maximum absolute atomic E-state index is 13.8. The van der Waals surface area contributed by atoms with Gasteiger partial charge in [-0.25, -0.2) is 0 Å². The summed E-state index contributed by atoms with van der Waals surface area (Å²) in [6.45, 7) is 10.4. The lowest BCUT2D eigenvalue weighted by atomic mass is 10.0. The van der Waals surface area contributed by atoms with Crippen LogP contribution in [0.15, 0.2) is 91.0 Å². The first-order chi connectivity index (χ1) is 25.8. The minimum atomic E-state index is -2.89. The van der Waals surface area contributed by atoms with Crippen LogP contribution in [0.1, 0.15) is 85.1 Å². The molecule has 3 N–H and O–H groups in total. The van der Waals surface area contributed by atoms with E-state index in [4.69, 9.17) is 4.43 Å². The quantitative estimate of drug-likeness (QED) is 0.177. The number of fused-ring (bicyclic) bond motifs is 1. The van der Waals surface area contributed by atoms with Crippen molar-refractivity contribution in [3.63, 3.8) is 0 Å². The molecule has 0 aliphatic carbocycles. The van der Waals surface area contributed by atoms with Crippen molar-refractivity contribution in [1.29, 1.82) is 0 Å². The number of benzene rings is 3. The van der Waals surface area contributed by atoms with E-state index in [0.29, 0.717) is 51.5 Å². The molecule has 288 valence electrons. The van der Waals surface area contributed by atoms with Crippen LogP contribution in [0, 0.1) is 0 Å². The molecule has 5 rings (SSSR count). The number of nitrogens with one attached hydrogen (secondary N) is 3. The molecule has 2 aliphatic rings. The molecule has 2 heterocycles. The highest BCUT2D eigenvalue weighted by Gasteiger charge is 2.51. The van der Waals surface area contributed by atoms with Gasteiger partial charge >= 0.3 is 0 Å². The van der Waals surface area contributed by atoms with Crippen LogP contribution in [0.5, 0.6) is 0 Å². The number of rotatable bonds is 13. The largest absolute Gasteiger partial charge is 0.398 e. The molecule has 0 aromatic heterocycles. The van der Waals surface area contributed by atoms with E-state index in [0.717, 1.165) is 15.9 Å². The number of hydrogen-bond donors (Lipinski definition) is 3. The van der Waals surface area contributed by atoms with E-state index < -0.39 is 50.4 Å². The highest BCUT2D eigenvalue weighted by atomic mass is 28.4. The lowest BCUT2D eigenvalue weighted by molar-refractivity contribution is -0.143. The number of carbonyl (C=O) groups excluding carboxylic acids is 5. The second kappa shape index (κ2) is 18.1. The zero-order valence-electron chi connectivity index (χ0n) is 32.3. The highest BCUT2D eigenvalue weighted by molar-refractivity contribution is 6.99. The predicted octanol–water partition coefficient (Wildman–Crippen LogP) is 4.19. The lowest BCUT2D eigenvalue weighted by Crippen LogP contribution is -2.68. The molecule has 2 fully saturated rings. The normalized spacial score (nSPS) is 21.9. The molecule has 3 aromatic carbocycles. The monoisotopic (exact) mass is 752 g/mol. The van der Waals surface area contributed by atoms with Crippen molar-refractivity contribution < 1.29 is 28.4 Å². The average molecular weight is 753 g/mol. The van der Waals surface area contributed by atoms with Gasteiger partial charge in [-0.1, -0.05) is 125 Å². The van der Waals surface area contributed by atoms with Crippen LogP contribution < -0.4 is 26.3 Å². The molecule has 5 atom stereocenters. The van der Waals surface area contributed by atoms with Crippen molar-refractivity contribution in [3.8, 4) is 0 Å². The molecule has 54 heavy (non-hydrogen) atoms. The van der Waals surface area contributed by atoms with Gasteiger partial charge in [0, 0.05) is 19.4 Å². The van der Waals surface area contributed by atoms with Crippen LogP contribution in [0.3, 0.4) is 0 Å². The van der Waals surface area contributed by atoms with E-state index in [2.05, 4.69) is 61.0 Å². The predicted molar refractivity (Wildman–Crippen MR) is 213 cm³/mol. The second-order valence-corrected chi connectivity index (χ2v) is 20.0. The smallest absolute Gasteiger partial charge is 0.262 e. The van der Waals surface area contributed by atoms with Gasteiger partial charge in [0.1, 0.15) is 30.3 Å². The second-order valence-electron chi connectivity index (χ2n) is 15.7. The summed E-state index contributed by atoms with van der Waals surface area (Å²) in [5.41, 5.74) is 0.878. The van der Waals surface area contributed by atoms with Crippen molar-refractivity contribution in [1.82, 2.24) is 20.9 Å². The maximum atomic E-state index is 13.8. The van der Waals surface area contributed by atoms with Crippen LogP contribution >= 0.6 is 0 Å². The average Bonchev–Trinajstić information content (AvgIpc) is 3.66. The molecule has 0 radical (unpaired) electrons. The molecular formula is C43H56N4O6Si. The summed E-state index contributed by atoms with van der Waals surface area (Å²) < 4.78 is 7.01. The fourth-order valence-electron chi connectivity index (χ4n) is 7.82. The number of carbonyl (C=O) groups is 5. The van der Waals surface area contributed by atoms with Gasteiger partial charge < -0.3 is 25.3 Å². The number of Topliss-reactive ketones (excluding diaryl/α,β-unsaturated/α-hetero) is 1. The van der Waals surface area contributed by atoms with Gasteiger partial charge in [-0.3, -0.25) is 24.0 Å². The molecule has 0 spiro atoms. The standard InChI is InChI=1S/C43H56N4O6Si/c1-30-39(49)46-36(29-32-19-10-6-11-20-32)42(52)47-28-18-26-37(47)41(51)45-35(40(50)44-30)25-16-9-17-27-38(48)31(2)53-54(43(3,4)5,33-21-12-7-13-22-33)34-23-14-8-15-24-34/h6-8,10-15,19-24,30-31,35-37H,9,16-18,25-29H2,1-5H3,(H,44,50)(H,45,51)(H,46,49)/t30-,31+,35+,36?,37-/m1/s1. The molecule has 11 heteroatoms. The Balaban J connectivity index is 1.21. The van der Waals surface area contributed by atoms with Crippen molar-refractivity contribution >= 4 is 48.1 Å². The lowest BCUT2D eigenvalue weighted by Gasteiger charge is -2.44. The van der Waals surface area contributed by atoms with Crippen molar-refractivity contribution in [2.24, 2.45) is 0 Å². The Hall–Kier alpha value is -4.61. The summed E-state index contributed by atoms with van der Waals surface area (Å²) in [4.78, 5) is 69.4. The van der Waals surface area contributed by atoms with E-state index in [-0.39, 0.29) is 29.1 Å². The molecule has 0 saturated carbocycles. The van der Waals surface area contributed by atoms with Crippen LogP contribution in [0.2, 0.25) is 5.04 Å². The fraction of sp³-hybridized carbons (Fsp3) is 0.465. The van der Waals surface area contributed by atoms with Crippen LogP contribution in [0.25, 0.3) is 0 Å². The third kappa shape index (κ3) is 9.54. The molecule has 0 bridgehead atoms. The van der Waals surface area contributed by atoms with Gasteiger partial charge in [0.05, 0.1) is 0 Å². The zero-order chi connectivity index (χ0) is 38.9. The van der Waals surface area contributed by atoms with Crippen molar-refractivity contribution in [3.05, 3.63) is 96.6 Å². The molecule has 2 aliphatic heterocycles. The van der Waals surface area contributed by atoms with Crippen LogP contribution in [0.4, 0.5) is 0 Å². The van der Waals surface area contributed by atoms with E-state index >= 15 is 0 Å². The molecule has 10 nitrogen and oxygen atoms in total. The van der Waals surface area contributed by atoms with Gasteiger partial charge in [0.25, 0.3) is 8.32 Å². The van der Waals surface area contributed by atoms with Gasteiger partial charge in [-0.2, -0.15) is 0 Å². The fourth-order valence-corrected chi connectivity index (χ4v) is 12.5. The summed E-state index contributed by atoms with van der Waals surface area (Å²) in [6, 6.07) is 26.5. The maximum Gasteiger partial charge on any atom is 0.262 e. The summed E-state index contributed by atoms with van der Waals surface area (Å²) in [5, 5.41) is 10.5. The minimum Gasteiger partial charge on any atom is -0.398 e. The Bertz CT molecular complexity index is 1710. The molecule has 4 amide bonds. The van der Waals surface area contributed by atoms with Gasteiger partial charge in [-0.05, 0) is 60.5 Å². The Kier molecular flexibility index (Phi) is 13.6. The number of hydrogen-bond acceptors (Lipinski definition) is 6. The van der Waals surface area contributed by atoms with E-state index in [1.807, 2.05) is 73.7 Å². The number of nitrogens with zero attached hydrogens (tertiary/aromatic N) is 1. The van der Waals surface area contributed by atoms with Crippen molar-refractivity contribution in [2.75, 3.05) is 6.54 Å². The molecule has 2 saturated heterocycles. The number of amides is 4. The molecular weight excluding hydrogens is 697 g/mol. The third-order valence-electron chi connectivity index (χ3n) is 10.8. The van der Waals surface area contributed by atoms with Crippen LogP contribution in [-0.2, 0) is 34.8 Å². The van der Waals surface area contributed by atoms with E-state index in [1.54, 1.807) is 11.8 Å². The summed E-state index contributed by atoms with van der Waals surface area (Å²) in [6.07, 6.45) is 3.25. The van der Waals surface area contributed by atoms with Crippen molar-refractivity contribution in [2.45, 2.75) is 121 Å². The Morgan fingerprint density at radius 1 is 0.778 bits per heavy atom. The SMILES string of the molecule is C[C@H](O[Si](c1ccccc1)(c1ccccc1)C(C)(C)C)C(=O)CCCCC[C@@H]1NC(=O)[C@H]2CCCN2C(=O)C(Cc2ccccc2)NC(=O)[C@@H](C)NC1=O. The first-order valence-electron chi connectivity index (χ1n) is 19.4.